The Morgan fingerprint density at radius 3 is 2.47 bits per heavy atom. The van der Waals surface area contributed by atoms with E-state index in [1.54, 1.807) is 36.0 Å². The highest BCUT2D eigenvalue weighted by Gasteiger charge is 2.32. The molecule has 0 spiro atoms. The van der Waals surface area contributed by atoms with E-state index < -0.39 is 6.04 Å². The number of carbonyl (C=O) groups excluding carboxylic acids is 1. The molecule has 1 amide bonds. The number of benzene rings is 2. The summed E-state index contributed by atoms with van der Waals surface area (Å²) in [6.45, 7) is 1.81. The van der Waals surface area contributed by atoms with Crippen LogP contribution in [-0.2, 0) is 4.79 Å². The summed E-state index contributed by atoms with van der Waals surface area (Å²) in [6.07, 6.45) is 3.26. The number of anilines is 1. The average Bonchev–Trinajstić information content (AvgIpc) is 3.42. The van der Waals surface area contributed by atoms with E-state index >= 15 is 0 Å². The van der Waals surface area contributed by atoms with Crippen molar-refractivity contribution in [1.29, 1.82) is 0 Å². The Morgan fingerprint density at radius 1 is 1.06 bits per heavy atom. The van der Waals surface area contributed by atoms with Crippen molar-refractivity contribution in [1.82, 2.24) is 4.57 Å². The zero-order valence-corrected chi connectivity index (χ0v) is 18.0. The predicted molar refractivity (Wildman–Crippen MR) is 124 cm³/mol. The maximum absolute atomic E-state index is 13.4. The molecule has 0 saturated carbocycles. The number of thiazole rings is 1. The van der Waals surface area contributed by atoms with Gasteiger partial charge >= 0.3 is 0 Å². The van der Waals surface area contributed by atoms with Gasteiger partial charge in [-0.05, 0) is 36.8 Å². The Labute approximate surface area is 187 Å². The summed E-state index contributed by atoms with van der Waals surface area (Å²) in [5.41, 5.74) is 2.33. The maximum atomic E-state index is 13.4. The summed E-state index contributed by atoms with van der Waals surface area (Å²) >= 11 is 1.28. The highest BCUT2D eigenvalue weighted by Crippen LogP contribution is 2.30. The number of para-hydroxylation sites is 1. The van der Waals surface area contributed by atoms with Crippen LogP contribution in [0.1, 0.15) is 24.3 Å². The number of furan rings is 1. The van der Waals surface area contributed by atoms with Gasteiger partial charge in [-0.2, -0.15) is 0 Å². The van der Waals surface area contributed by atoms with Crippen molar-refractivity contribution in [3.8, 4) is 0 Å². The molecule has 0 bridgehead atoms. The van der Waals surface area contributed by atoms with Gasteiger partial charge in [0.15, 0.2) is 4.80 Å². The Balaban J connectivity index is 1.68. The smallest absolute Gasteiger partial charge is 0.271 e. The van der Waals surface area contributed by atoms with Gasteiger partial charge in [-0.25, -0.2) is 4.99 Å². The molecule has 5 rings (SSSR count). The molecular weight excluding hydrogens is 422 g/mol. The first kappa shape index (κ1) is 20.0. The predicted octanol–water partition coefficient (Wildman–Crippen LogP) is 3.47. The van der Waals surface area contributed by atoms with E-state index in [2.05, 4.69) is 10.3 Å². The van der Waals surface area contributed by atoms with Gasteiger partial charge in [0.1, 0.15) is 5.76 Å². The monoisotopic (exact) mass is 441 g/mol. The number of hydrogen-bond acceptors (Lipinski definition) is 5. The van der Waals surface area contributed by atoms with Crippen molar-refractivity contribution in [3.05, 3.63) is 121 Å². The van der Waals surface area contributed by atoms with Crippen LogP contribution < -0.4 is 20.2 Å². The number of aromatic nitrogens is 1. The molecule has 0 radical (unpaired) electrons. The van der Waals surface area contributed by atoms with E-state index in [-0.39, 0.29) is 11.5 Å². The van der Waals surface area contributed by atoms with Gasteiger partial charge < -0.3 is 9.73 Å². The fourth-order valence-electron chi connectivity index (χ4n) is 3.79. The highest BCUT2D eigenvalue weighted by atomic mass is 32.1. The van der Waals surface area contributed by atoms with Crippen molar-refractivity contribution in [3.63, 3.8) is 0 Å². The molecule has 158 valence electrons. The van der Waals surface area contributed by atoms with Gasteiger partial charge in [0, 0.05) is 11.8 Å². The van der Waals surface area contributed by atoms with Gasteiger partial charge in [0.2, 0.25) is 0 Å². The molecule has 1 unspecified atom stereocenters. The van der Waals surface area contributed by atoms with E-state index in [0.29, 0.717) is 32.1 Å². The van der Waals surface area contributed by atoms with Gasteiger partial charge in [-0.3, -0.25) is 14.2 Å². The number of fused-ring (bicyclic) bond motifs is 1. The van der Waals surface area contributed by atoms with E-state index in [1.807, 2.05) is 60.7 Å². The van der Waals surface area contributed by atoms with E-state index in [1.165, 1.54) is 11.3 Å². The minimum atomic E-state index is -0.588. The maximum Gasteiger partial charge on any atom is 0.271 e. The van der Waals surface area contributed by atoms with Crippen molar-refractivity contribution in [2.75, 3.05) is 5.32 Å². The molecule has 32 heavy (non-hydrogen) atoms. The first-order chi connectivity index (χ1) is 15.6. The average molecular weight is 442 g/mol. The molecule has 2 aromatic heterocycles. The molecule has 0 saturated heterocycles. The van der Waals surface area contributed by atoms with Crippen molar-refractivity contribution < 1.29 is 9.21 Å². The second-order valence-corrected chi connectivity index (χ2v) is 8.34. The lowest BCUT2D eigenvalue weighted by atomic mass is 9.95. The van der Waals surface area contributed by atoms with Crippen molar-refractivity contribution >= 4 is 29.0 Å². The third-order valence-corrected chi connectivity index (χ3v) is 6.21. The fraction of sp³-hybridized carbons (Fsp3) is 0.0800. The third-order valence-electron chi connectivity index (χ3n) is 5.23. The summed E-state index contributed by atoms with van der Waals surface area (Å²) in [7, 11) is 0. The Hall–Kier alpha value is -3.97. The Bertz CT molecular complexity index is 1480. The summed E-state index contributed by atoms with van der Waals surface area (Å²) in [5, 5.41) is 2.94. The van der Waals surface area contributed by atoms with Crippen molar-refractivity contribution in [2.45, 2.75) is 13.0 Å². The SMILES string of the molecule is CC1=C(C(=O)Nc2ccccc2)C(c2ccccc2)n2c(s/c(=C/c3ccco3)c2=O)=N1. The number of hydrogen-bond donors (Lipinski definition) is 1. The van der Waals surface area contributed by atoms with Crippen LogP contribution in [0.15, 0.2) is 105 Å². The lowest BCUT2D eigenvalue weighted by molar-refractivity contribution is -0.113. The number of nitrogens with one attached hydrogen (secondary N) is 1. The molecule has 1 aliphatic heterocycles. The molecule has 1 atom stereocenters. The van der Waals surface area contributed by atoms with Crippen molar-refractivity contribution in [2.24, 2.45) is 4.99 Å². The molecule has 3 heterocycles. The largest absolute Gasteiger partial charge is 0.465 e. The van der Waals surface area contributed by atoms with Crippen LogP contribution >= 0.6 is 11.3 Å². The molecule has 7 heteroatoms. The minimum absolute atomic E-state index is 0.212. The Kier molecular flexibility index (Phi) is 5.17. The van der Waals surface area contributed by atoms with Crippen LogP contribution in [0, 0.1) is 0 Å². The van der Waals surface area contributed by atoms with Gasteiger partial charge in [-0.15, -0.1) is 0 Å². The van der Waals surface area contributed by atoms with E-state index in [9.17, 15) is 9.59 Å². The summed E-state index contributed by atoms with van der Waals surface area (Å²) in [6, 6.07) is 21.8. The van der Waals surface area contributed by atoms with Crippen LogP contribution in [0.4, 0.5) is 5.69 Å². The van der Waals surface area contributed by atoms with Crippen LogP contribution in [0.3, 0.4) is 0 Å². The van der Waals surface area contributed by atoms with Crippen LogP contribution in [0.25, 0.3) is 6.08 Å². The minimum Gasteiger partial charge on any atom is -0.465 e. The summed E-state index contributed by atoms with van der Waals surface area (Å²) in [4.78, 5) is 32.0. The van der Waals surface area contributed by atoms with Crippen LogP contribution in [0.5, 0.6) is 0 Å². The number of allylic oxidation sites excluding steroid dienone is 1. The van der Waals surface area contributed by atoms with E-state index in [4.69, 9.17) is 4.42 Å². The molecule has 0 fully saturated rings. The quantitative estimate of drug-likeness (QED) is 0.527. The number of carbonyl (C=O) groups is 1. The number of nitrogens with zero attached hydrogens (tertiary/aromatic N) is 2. The molecule has 1 N–H and O–H groups in total. The first-order valence-corrected chi connectivity index (χ1v) is 10.9. The second kappa shape index (κ2) is 8.28. The number of amides is 1. The summed E-state index contributed by atoms with van der Waals surface area (Å²) in [5.74, 6) is 0.302. The normalized spacial score (nSPS) is 15.9. The lowest BCUT2D eigenvalue weighted by Gasteiger charge is -2.25. The molecular formula is C25H19N3O3S. The van der Waals surface area contributed by atoms with Gasteiger partial charge in [-0.1, -0.05) is 59.9 Å². The number of rotatable bonds is 4. The van der Waals surface area contributed by atoms with Crippen LogP contribution in [-0.4, -0.2) is 10.5 Å². The molecule has 0 aliphatic carbocycles. The van der Waals surface area contributed by atoms with Crippen LogP contribution in [0.2, 0.25) is 0 Å². The topological polar surface area (TPSA) is 76.6 Å². The first-order valence-electron chi connectivity index (χ1n) is 10.1. The Morgan fingerprint density at radius 2 is 1.78 bits per heavy atom. The van der Waals surface area contributed by atoms with Gasteiger partial charge in [0.05, 0.1) is 28.1 Å². The highest BCUT2D eigenvalue weighted by molar-refractivity contribution is 7.07. The zero-order chi connectivity index (χ0) is 22.1. The second-order valence-electron chi connectivity index (χ2n) is 7.33. The zero-order valence-electron chi connectivity index (χ0n) is 17.2. The molecule has 1 aliphatic rings. The van der Waals surface area contributed by atoms with E-state index in [0.717, 1.165) is 5.56 Å². The summed E-state index contributed by atoms with van der Waals surface area (Å²) < 4.78 is 7.48. The fourth-order valence-corrected chi connectivity index (χ4v) is 4.81. The van der Waals surface area contributed by atoms with Gasteiger partial charge in [0.25, 0.3) is 11.5 Å². The standard InChI is InChI=1S/C25H19N3O3S/c1-16-21(23(29)27-18-11-6-3-7-12-18)22(17-9-4-2-5-10-17)28-24(30)20(32-25(28)26-16)15-19-13-8-14-31-19/h2-15,22H,1H3,(H,27,29)/b20-15+. The lowest BCUT2D eigenvalue weighted by Crippen LogP contribution is -2.40. The third kappa shape index (κ3) is 3.63. The molecule has 6 nitrogen and oxygen atoms in total. The molecule has 4 aromatic rings. The molecule has 2 aromatic carbocycles.